The summed E-state index contributed by atoms with van der Waals surface area (Å²) >= 11 is 0. The first-order chi connectivity index (χ1) is 20.4. The Hall–Kier alpha value is -5.03. The molecule has 2 heterocycles. The normalized spacial score (nSPS) is 16.0. The predicted octanol–water partition coefficient (Wildman–Crippen LogP) is 4.23. The van der Waals surface area contributed by atoms with Gasteiger partial charge < -0.3 is 4.90 Å². The summed E-state index contributed by atoms with van der Waals surface area (Å²) in [7, 11) is 0. The van der Waals surface area contributed by atoms with E-state index in [2.05, 4.69) is 17.2 Å². The van der Waals surface area contributed by atoms with Gasteiger partial charge in [0, 0.05) is 37.9 Å². The summed E-state index contributed by atoms with van der Waals surface area (Å²) < 4.78 is 0. The van der Waals surface area contributed by atoms with Crippen molar-refractivity contribution in [3.05, 3.63) is 107 Å². The zero-order valence-corrected chi connectivity index (χ0v) is 23.2. The van der Waals surface area contributed by atoms with Gasteiger partial charge in [-0.1, -0.05) is 72.5 Å². The van der Waals surface area contributed by atoms with Crippen molar-refractivity contribution < 1.29 is 24.0 Å². The minimum absolute atomic E-state index is 0.0736. The van der Waals surface area contributed by atoms with Gasteiger partial charge in [0.25, 0.3) is 11.8 Å². The SMILES string of the molecule is O=C1CCC(N2C(=O)c3ccc(C#CCCCCC(=O)N(Cc4ccccc4)Cc4ccccc4)cc3C2=O)C(=O)N1. The van der Waals surface area contributed by atoms with Gasteiger partial charge in [-0.15, -0.1) is 0 Å². The average Bonchev–Trinajstić information content (AvgIpc) is 3.24. The molecule has 5 amide bonds. The number of carbonyl (C=O) groups excluding carboxylic acids is 5. The summed E-state index contributed by atoms with van der Waals surface area (Å²) in [6.45, 7) is 1.10. The number of fused-ring (bicyclic) bond motifs is 1. The first-order valence-corrected chi connectivity index (χ1v) is 14.1. The van der Waals surface area contributed by atoms with Crippen LogP contribution in [-0.4, -0.2) is 45.4 Å². The molecule has 2 aliphatic heterocycles. The Morgan fingerprint density at radius 2 is 1.48 bits per heavy atom. The standard InChI is InChI=1S/C34H31N3O5/c38-30-20-19-29(32(40)35-30)37-33(41)27-18-17-24(21-28(27)34(37)42)11-5-1-2-10-16-31(39)36(22-25-12-6-3-7-13-25)23-26-14-8-4-9-15-26/h3-4,6-9,12-15,17-18,21,29H,1-2,10,16,19-20,22-23H2,(H,35,38,40). The smallest absolute Gasteiger partial charge is 0.262 e. The number of benzene rings is 3. The van der Waals surface area contributed by atoms with E-state index in [1.807, 2.05) is 65.6 Å². The molecule has 8 nitrogen and oxygen atoms in total. The summed E-state index contributed by atoms with van der Waals surface area (Å²) in [5.74, 6) is 4.10. The summed E-state index contributed by atoms with van der Waals surface area (Å²) in [4.78, 5) is 65.5. The van der Waals surface area contributed by atoms with Gasteiger partial charge in [-0.3, -0.25) is 34.2 Å². The number of carbonyl (C=O) groups is 5. The molecule has 0 radical (unpaired) electrons. The van der Waals surface area contributed by atoms with Gasteiger partial charge in [0.15, 0.2) is 0 Å². The fourth-order valence-corrected chi connectivity index (χ4v) is 5.20. The van der Waals surface area contributed by atoms with E-state index in [1.54, 1.807) is 18.2 Å². The minimum atomic E-state index is -0.997. The van der Waals surface area contributed by atoms with E-state index in [1.165, 1.54) is 0 Å². The van der Waals surface area contributed by atoms with Crippen LogP contribution in [0.4, 0.5) is 0 Å². The third-order valence-corrected chi connectivity index (χ3v) is 7.40. The minimum Gasteiger partial charge on any atom is -0.334 e. The van der Waals surface area contributed by atoms with Crippen molar-refractivity contribution in [2.75, 3.05) is 0 Å². The Kier molecular flexibility index (Phi) is 8.88. The van der Waals surface area contributed by atoms with E-state index in [-0.39, 0.29) is 29.9 Å². The lowest BCUT2D eigenvalue weighted by Gasteiger charge is -2.27. The molecular formula is C34H31N3O5. The first kappa shape index (κ1) is 28.5. The van der Waals surface area contributed by atoms with Crippen LogP contribution in [0.3, 0.4) is 0 Å². The van der Waals surface area contributed by atoms with Gasteiger partial charge in [-0.05, 0) is 48.6 Å². The molecule has 0 aromatic heterocycles. The van der Waals surface area contributed by atoms with Crippen LogP contribution in [0.1, 0.15) is 75.9 Å². The summed E-state index contributed by atoms with van der Waals surface area (Å²) in [5, 5.41) is 2.19. The molecule has 3 aromatic rings. The van der Waals surface area contributed by atoms with Gasteiger partial charge in [0.1, 0.15) is 6.04 Å². The van der Waals surface area contributed by atoms with Crippen molar-refractivity contribution in [2.45, 2.75) is 57.7 Å². The molecule has 2 aliphatic rings. The number of unbranched alkanes of at least 4 members (excludes halogenated alkanes) is 2. The van der Waals surface area contributed by atoms with Gasteiger partial charge >= 0.3 is 0 Å². The lowest BCUT2D eigenvalue weighted by atomic mass is 10.0. The van der Waals surface area contributed by atoms with E-state index >= 15 is 0 Å². The number of rotatable bonds is 9. The second-order valence-corrected chi connectivity index (χ2v) is 10.4. The Morgan fingerprint density at radius 3 is 2.12 bits per heavy atom. The molecule has 5 rings (SSSR count). The molecule has 3 aromatic carbocycles. The maximum Gasteiger partial charge on any atom is 0.262 e. The van der Waals surface area contributed by atoms with Crippen LogP contribution in [0, 0.1) is 11.8 Å². The van der Waals surface area contributed by atoms with E-state index in [0.29, 0.717) is 37.9 Å². The second-order valence-electron chi connectivity index (χ2n) is 10.4. The maximum atomic E-state index is 13.1. The topological polar surface area (TPSA) is 104 Å². The highest BCUT2D eigenvalue weighted by molar-refractivity contribution is 6.23. The van der Waals surface area contributed by atoms with Crippen molar-refractivity contribution in [2.24, 2.45) is 0 Å². The lowest BCUT2D eigenvalue weighted by molar-refractivity contribution is -0.136. The van der Waals surface area contributed by atoms with Crippen LogP contribution in [0.2, 0.25) is 0 Å². The molecule has 0 saturated carbocycles. The molecule has 0 spiro atoms. The Morgan fingerprint density at radius 1 is 0.833 bits per heavy atom. The molecule has 8 heteroatoms. The Bertz CT molecular complexity index is 1530. The zero-order valence-electron chi connectivity index (χ0n) is 23.2. The quantitative estimate of drug-likeness (QED) is 0.239. The summed E-state index contributed by atoms with van der Waals surface area (Å²) in [6, 6.07) is 23.7. The molecular weight excluding hydrogens is 530 g/mol. The van der Waals surface area contributed by atoms with E-state index in [4.69, 9.17) is 0 Å². The predicted molar refractivity (Wildman–Crippen MR) is 156 cm³/mol. The number of hydrogen-bond donors (Lipinski definition) is 1. The highest BCUT2D eigenvalue weighted by Gasteiger charge is 2.44. The third-order valence-electron chi connectivity index (χ3n) is 7.40. The van der Waals surface area contributed by atoms with E-state index in [0.717, 1.165) is 22.4 Å². The summed E-state index contributed by atoms with van der Waals surface area (Å²) in [6.07, 6.45) is 2.64. The molecule has 42 heavy (non-hydrogen) atoms. The fourth-order valence-electron chi connectivity index (χ4n) is 5.20. The average molecular weight is 562 g/mol. The van der Waals surface area contributed by atoms with Crippen molar-refractivity contribution in [1.82, 2.24) is 15.1 Å². The van der Waals surface area contributed by atoms with Crippen molar-refractivity contribution in [1.29, 1.82) is 0 Å². The monoisotopic (exact) mass is 561 g/mol. The molecule has 0 aliphatic carbocycles. The van der Waals surface area contributed by atoms with Gasteiger partial charge in [0.2, 0.25) is 17.7 Å². The molecule has 212 valence electrons. The Labute approximate surface area is 244 Å². The molecule has 0 bridgehead atoms. The van der Waals surface area contributed by atoms with Crippen molar-refractivity contribution >= 4 is 29.5 Å². The number of imide groups is 2. The highest BCUT2D eigenvalue weighted by Crippen LogP contribution is 2.28. The van der Waals surface area contributed by atoms with Crippen LogP contribution >= 0.6 is 0 Å². The molecule has 1 N–H and O–H groups in total. The third kappa shape index (κ3) is 6.64. The van der Waals surface area contributed by atoms with Gasteiger partial charge in [0.05, 0.1) is 11.1 Å². The van der Waals surface area contributed by atoms with E-state index < -0.39 is 29.7 Å². The molecule has 1 atom stereocenters. The van der Waals surface area contributed by atoms with Crippen LogP contribution in [-0.2, 0) is 27.5 Å². The Balaban J connectivity index is 1.14. The van der Waals surface area contributed by atoms with Crippen molar-refractivity contribution in [3.8, 4) is 11.8 Å². The highest BCUT2D eigenvalue weighted by atomic mass is 16.2. The first-order valence-electron chi connectivity index (χ1n) is 14.1. The zero-order chi connectivity index (χ0) is 29.5. The number of nitrogens with one attached hydrogen (secondary N) is 1. The maximum absolute atomic E-state index is 13.1. The fraction of sp³-hybridized carbons (Fsp3) is 0.265. The number of amides is 5. The van der Waals surface area contributed by atoms with Crippen molar-refractivity contribution in [3.63, 3.8) is 0 Å². The van der Waals surface area contributed by atoms with Gasteiger partial charge in [-0.2, -0.15) is 0 Å². The number of hydrogen-bond acceptors (Lipinski definition) is 5. The van der Waals surface area contributed by atoms with Crippen LogP contribution in [0.25, 0.3) is 0 Å². The van der Waals surface area contributed by atoms with Crippen LogP contribution in [0.15, 0.2) is 78.9 Å². The molecule has 1 saturated heterocycles. The van der Waals surface area contributed by atoms with Gasteiger partial charge in [-0.25, -0.2) is 0 Å². The second kappa shape index (κ2) is 13.1. The number of nitrogens with zero attached hydrogens (tertiary/aromatic N) is 2. The lowest BCUT2D eigenvalue weighted by Crippen LogP contribution is -2.54. The molecule has 1 fully saturated rings. The van der Waals surface area contributed by atoms with Crippen LogP contribution < -0.4 is 5.32 Å². The number of piperidine rings is 1. The largest absolute Gasteiger partial charge is 0.334 e. The van der Waals surface area contributed by atoms with E-state index in [9.17, 15) is 24.0 Å². The summed E-state index contributed by atoms with van der Waals surface area (Å²) in [5.41, 5.74) is 3.20. The molecule has 1 unspecified atom stereocenters. The van der Waals surface area contributed by atoms with Crippen LogP contribution in [0.5, 0.6) is 0 Å².